The Bertz CT molecular complexity index is 648. The molecule has 0 radical (unpaired) electrons. The molecule has 1 atom stereocenters. The van der Waals surface area contributed by atoms with Gasteiger partial charge < -0.3 is 15.0 Å². The largest absolute Gasteiger partial charge is 0.496 e. The third-order valence-corrected chi connectivity index (χ3v) is 5.00. The van der Waals surface area contributed by atoms with Crippen molar-refractivity contribution < 1.29 is 9.53 Å². The number of nitrogens with zero attached hydrogens (tertiary/aromatic N) is 1. The van der Waals surface area contributed by atoms with Crippen molar-refractivity contribution >= 4 is 29.7 Å². The quantitative estimate of drug-likeness (QED) is 0.882. The minimum Gasteiger partial charge on any atom is -0.496 e. The van der Waals surface area contributed by atoms with E-state index in [-0.39, 0.29) is 24.4 Å². The van der Waals surface area contributed by atoms with Crippen LogP contribution in [0.5, 0.6) is 5.75 Å². The smallest absolute Gasteiger partial charge is 0.223 e. The van der Waals surface area contributed by atoms with Gasteiger partial charge in [-0.1, -0.05) is 18.2 Å². The van der Waals surface area contributed by atoms with Crippen LogP contribution in [0.4, 0.5) is 0 Å². The minimum atomic E-state index is 0. The third-order valence-electron chi connectivity index (χ3n) is 4.27. The average Bonchev–Trinajstić information content (AvgIpc) is 3.13. The normalized spacial score (nSPS) is 17.2. The Kier molecular flexibility index (Phi) is 7.09. The number of benzene rings is 1. The lowest BCUT2D eigenvalue weighted by Crippen LogP contribution is -2.48. The summed E-state index contributed by atoms with van der Waals surface area (Å²) in [5.41, 5.74) is 2.32. The van der Waals surface area contributed by atoms with Crippen LogP contribution in [0.3, 0.4) is 0 Å². The van der Waals surface area contributed by atoms with Crippen molar-refractivity contribution in [3.63, 3.8) is 0 Å². The van der Waals surface area contributed by atoms with Gasteiger partial charge in [0, 0.05) is 31.6 Å². The molecule has 1 aromatic carbocycles. The monoisotopic (exact) mass is 366 g/mol. The van der Waals surface area contributed by atoms with E-state index in [2.05, 4.69) is 28.2 Å². The van der Waals surface area contributed by atoms with Crippen molar-refractivity contribution in [3.8, 4) is 5.75 Å². The number of carbonyl (C=O) groups is 1. The summed E-state index contributed by atoms with van der Waals surface area (Å²) >= 11 is 1.68. The van der Waals surface area contributed by atoms with Gasteiger partial charge in [0.1, 0.15) is 5.75 Å². The number of thiophene rings is 1. The number of amides is 1. The van der Waals surface area contributed by atoms with E-state index in [0.717, 1.165) is 37.4 Å². The Labute approximate surface area is 153 Å². The molecule has 1 fully saturated rings. The topological polar surface area (TPSA) is 41.6 Å². The molecule has 1 aromatic heterocycles. The van der Waals surface area contributed by atoms with Crippen molar-refractivity contribution in [3.05, 3.63) is 52.2 Å². The highest BCUT2D eigenvalue weighted by Crippen LogP contribution is 2.30. The number of para-hydroxylation sites is 1. The van der Waals surface area contributed by atoms with E-state index in [1.54, 1.807) is 18.4 Å². The van der Waals surface area contributed by atoms with E-state index in [9.17, 15) is 4.79 Å². The predicted octanol–water partition coefficient (Wildman–Crippen LogP) is 3.28. The molecule has 0 spiro atoms. The van der Waals surface area contributed by atoms with Gasteiger partial charge in [-0.15, -0.1) is 12.4 Å². The maximum Gasteiger partial charge on any atom is 0.223 e. The Morgan fingerprint density at radius 1 is 1.38 bits per heavy atom. The second-order valence-corrected chi connectivity index (χ2v) is 6.46. The van der Waals surface area contributed by atoms with Crippen LogP contribution in [0, 0.1) is 0 Å². The van der Waals surface area contributed by atoms with Crippen molar-refractivity contribution in [2.45, 2.75) is 18.9 Å². The Morgan fingerprint density at radius 2 is 2.21 bits per heavy atom. The predicted molar refractivity (Wildman–Crippen MR) is 100 cm³/mol. The first kappa shape index (κ1) is 18.8. The number of aryl methyl sites for hydroxylation is 1. The summed E-state index contributed by atoms with van der Waals surface area (Å²) in [6.07, 6.45) is 1.37. The number of rotatable bonds is 5. The van der Waals surface area contributed by atoms with Gasteiger partial charge in [0.2, 0.25) is 5.91 Å². The maximum atomic E-state index is 12.7. The molecule has 2 aromatic rings. The van der Waals surface area contributed by atoms with E-state index in [0.29, 0.717) is 6.42 Å². The van der Waals surface area contributed by atoms with Gasteiger partial charge in [-0.3, -0.25) is 4.79 Å². The molecule has 1 saturated heterocycles. The lowest BCUT2D eigenvalue weighted by Gasteiger charge is -2.37. The Morgan fingerprint density at radius 3 is 2.96 bits per heavy atom. The highest BCUT2D eigenvalue weighted by molar-refractivity contribution is 7.07. The van der Waals surface area contributed by atoms with Gasteiger partial charge in [0.25, 0.3) is 0 Å². The molecule has 1 N–H and O–H groups in total. The molecular weight excluding hydrogens is 344 g/mol. The lowest BCUT2D eigenvalue weighted by molar-refractivity contribution is -0.134. The van der Waals surface area contributed by atoms with Crippen LogP contribution in [0.2, 0.25) is 0 Å². The van der Waals surface area contributed by atoms with Crippen LogP contribution < -0.4 is 10.1 Å². The summed E-state index contributed by atoms with van der Waals surface area (Å²) in [6, 6.07) is 10.1. The van der Waals surface area contributed by atoms with Gasteiger partial charge >= 0.3 is 0 Å². The van der Waals surface area contributed by atoms with Crippen molar-refractivity contribution in [2.24, 2.45) is 0 Å². The molecule has 1 amide bonds. The molecule has 0 aliphatic carbocycles. The Balaban J connectivity index is 0.00000208. The second-order valence-electron chi connectivity index (χ2n) is 5.68. The summed E-state index contributed by atoms with van der Waals surface area (Å²) in [6.45, 7) is 2.35. The molecule has 6 heteroatoms. The number of halogens is 1. The number of ether oxygens (including phenoxy) is 1. The summed E-state index contributed by atoms with van der Waals surface area (Å²) in [4.78, 5) is 14.7. The number of piperazine rings is 1. The fourth-order valence-electron chi connectivity index (χ4n) is 3.05. The molecule has 24 heavy (non-hydrogen) atoms. The third kappa shape index (κ3) is 4.29. The molecule has 1 aliphatic rings. The number of carbonyl (C=O) groups excluding carboxylic acids is 1. The summed E-state index contributed by atoms with van der Waals surface area (Å²) in [5.74, 6) is 1.06. The van der Waals surface area contributed by atoms with Crippen LogP contribution in [-0.2, 0) is 11.2 Å². The first-order valence-electron chi connectivity index (χ1n) is 7.94. The molecule has 0 saturated carbocycles. The number of methoxy groups -OCH3 is 1. The second kappa shape index (κ2) is 9.06. The molecule has 1 aliphatic heterocycles. The SMILES string of the molecule is COc1ccccc1C1CNCCN1C(=O)CCc1ccsc1.Cl. The standard InChI is InChI=1S/C18H22N2O2S.ClH/c1-22-17-5-3-2-4-15(17)16-12-19-9-10-20(16)18(21)7-6-14-8-11-23-13-14;/h2-5,8,11,13,16,19H,6-7,9-10,12H2,1H3;1H. The van der Waals surface area contributed by atoms with Gasteiger partial charge in [-0.2, -0.15) is 11.3 Å². The highest BCUT2D eigenvalue weighted by atomic mass is 35.5. The van der Waals surface area contributed by atoms with E-state index in [4.69, 9.17) is 4.74 Å². The van der Waals surface area contributed by atoms with Crippen molar-refractivity contribution in [2.75, 3.05) is 26.7 Å². The van der Waals surface area contributed by atoms with Gasteiger partial charge in [-0.05, 0) is 34.9 Å². The molecule has 4 nitrogen and oxygen atoms in total. The van der Waals surface area contributed by atoms with Crippen LogP contribution in [0.25, 0.3) is 0 Å². The van der Waals surface area contributed by atoms with Crippen molar-refractivity contribution in [1.29, 1.82) is 0 Å². The molecular formula is C18H23ClN2O2S. The number of hydrogen-bond donors (Lipinski definition) is 1. The molecule has 130 valence electrons. The molecule has 1 unspecified atom stereocenters. The van der Waals surface area contributed by atoms with Crippen LogP contribution in [-0.4, -0.2) is 37.6 Å². The molecule has 2 heterocycles. The zero-order valence-electron chi connectivity index (χ0n) is 13.7. The molecule has 0 bridgehead atoms. The van der Waals surface area contributed by atoms with E-state index < -0.39 is 0 Å². The van der Waals surface area contributed by atoms with E-state index in [1.165, 1.54) is 5.56 Å². The first-order chi connectivity index (χ1) is 11.3. The fraction of sp³-hybridized carbons (Fsp3) is 0.389. The van der Waals surface area contributed by atoms with Crippen molar-refractivity contribution in [1.82, 2.24) is 10.2 Å². The van der Waals surface area contributed by atoms with Gasteiger partial charge in [0.15, 0.2) is 0 Å². The fourth-order valence-corrected chi connectivity index (χ4v) is 3.76. The summed E-state index contributed by atoms with van der Waals surface area (Å²) in [5, 5.41) is 7.56. The molecule has 3 rings (SSSR count). The maximum absolute atomic E-state index is 12.7. The van der Waals surface area contributed by atoms with Crippen LogP contribution in [0.1, 0.15) is 23.6 Å². The Hall–Kier alpha value is -1.56. The average molecular weight is 367 g/mol. The zero-order valence-corrected chi connectivity index (χ0v) is 15.4. The summed E-state index contributed by atoms with van der Waals surface area (Å²) < 4.78 is 5.48. The summed E-state index contributed by atoms with van der Waals surface area (Å²) in [7, 11) is 1.68. The van der Waals surface area contributed by atoms with E-state index in [1.807, 2.05) is 23.1 Å². The lowest BCUT2D eigenvalue weighted by atomic mass is 10.0. The number of hydrogen-bond acceptors (Lipinski definition) is 4. The highest BCUT2D eigenvalue weighted by Gasteiger charge is 2.29. The van der Waals surface area contributed by atoms with E-state index >= 15 is 0 Å². The minimum absolute atomic E-state index is 0. The zero-order chi connectivity index (χ0) is 16.1. The van der Waals surface area contributed by atoms with Gasteiger partial charge in [-0.25, -0.2) is 0 Å². The van der Waals surface area contributed by atoms with Crippen LogP contribution >= 0.6 is 23.7 Å². The first-order valence-corrected chi connectivity index (χ1v) is 8.88. The number of nitrogens with one attached hydrogen (secondary N) is 1. The van der Waals surface area contributed by atoms with Crippen LogP contribution in [0.15, 0.2) is 41.1 Å². The van der Waals surface area contributed by atoms with Gasteiger partial charge in [0.05, 0.1) is 13.2 Å².